The second kappa shape index (κ2) is 8.00. The van der Waals surface area contributed by atoms with Gasteiger partial charge in [-0.1, -0.05) is 12.1 Å². The number of fused-ring (bicyclic) bond motifs is 1. The maximum absolute atomic E-state index is 13.4. The number of hydrogen-bond acceptors (Lipinski definition) is 7. The SMILES string of the molecule is COC(=O)c1cc(C(=O)OCc2nc3ccccc3n2C(F)F)cc([N+](=O)[O-])c1. The molecule has 3 rings (SSSR count). The molecule has 0 bridgehead atoms. The second-order valence-electron chi connectivity index (χ2n) is 5.76. The number of nitro benzene ring substituents is 1. The summed E-state index contributed by atoms with van der Waals surface area (Å²) in [6.45, 7) is -3.52. The third-order valence-electron chi connectivity index (χ3n) is 3.98. The van der Waals surface area contributed by atoms with Crippen molar-refractivity contribution in [1.29, 1.82) is 0 Å². The molecule has 0 aliphatic carbocycles. The van der Waals surface area contributed by atoms with Crippen molar-refractivity contribution in [2.45, 2.75) is 13.2 Å². The van der Waals surface area contributed by atoms with Gasteiger partial charge in [0, 0.05) is 12.1 Å². The van der Waals surface area contributed by atoms with E-state index in [1.807, 2.05) is 0 Å². The topological polar surface area (TPSA) is 114 Å². The Morgan fingerprint density at radius 2 is 1.83 bits per heavy atom. The summed E-state index contributed by atoms with van der Waals surface area (Å²) in [5.74, 6) is -2.14. The number of para-hydroxylation sites is 2. The Labute approximate surface area is 161 Å². The number of non-ortho nitro benzene ring substituents is 1. The Bertz CT molecular complexity index is 1110. The van der Waals surface area contributed by atoms with Gasteiger partial charge in [0.25, 0.3) is 5.69 Å². The van der Waals surface area contributed by atoms with Gasteiger partial charge in [-0.3, -0.25) is 14.7 Å². The van der Waals surface area contributed by atoms with Crippen molar-refractivity contribution in [2.24, 2.45) is 0 Å². The number of aromatic nitrogens is 2. The molecule has 2 aromatic carbocycles. The molecule has 0 saturated heterocycles. The van der Waals surface area contributed by atoms with Gasteiger partial charge in [0.2, 0.25) is 0 Å². The lowest BCUT2D eigenvalue weighted by molar-refractivity contribution is -0.384. The number of imidazole rings is 1. The van der Waals surface area contributed by atoms with Crippen LogP contribution >= 0.6 is 0 Å². The van der Waals surface area contributed by atoms with E-state index in [9.17, 15) is 28.5 Å². The molecule has 0 aliphatic rings. The van der Waals surface area contributed by atoms with Gasteiger partial charge >= 0.3 is 18.5 Å². The third-order valence-corrected chi connectivity index (χ3v) is 3.98. The molecule has 0 radical (unpaired) electrons. The summed E-state index contributed by atoms with van der Waals surface area (Å²) < 4.78 is 37.0. The molecule has 0 saturated carbocycles. The number of esters is 2. The van der Waals surface area contributed by atoms with E-state index in [1.54, 1.807) is 12.1 Å². The number of rotatable bonds is 6. The number of carbonyl (C=O) groups excluding carboxylic acids is 2. The lowest BCUT2D eigenvalue weighted by atomic mass is 10.1. The van der Waals surface area contributed by atoms with E-state index in [4.69, 9.17) is 4.74 Å². The van der Waals surface area contributed by atoms with Crippen molar-refractivity contribution in [3.63, 3.8) is 0 Å². The van der Waals surface area contributed by atoms with Crippen molar-refractivity contribution in [3.05, 3.63) is 69.5 Å². The second-order valence-corrected chi connectivity index (χ2v) is 5.76. The maximum Gasteiger partial charge on any atom is 0.338 e. The lowest BCUT2D eigenvalue weighted by Gasteiger charge is -2.09. The Morgan fingerprint density at radius 1 is 1.17 bits per heavy atom. The van der Waals surface area contributed by atoms with Crippen LogP contribution in [0.25, 0.3) is 11.0 Å². The zero-order chi connectivity index (χ0) is 21.1. The van der Waals surface area contributed by atoms with Crippen LogP contribution in [0.5, 0.6) is 0 Å². The molecule has 0 atom stereocenters. The van der Waals surface area contributed by atoms with E-state index in [1.165, 1.54) is 12.1 Å². The minimum atomic E-state index is -2.92. The molecule has 1 heterocycles. The number of nitrogens with zero attached hydrogens (tertiary/aromatic N) is 3. The van der Waals surface area contributed by atoms with Crippen LogP contribution in [-0.4, -0.2) is 33.5 Å². The Kier molecular flexibility index (Phi) is 5.48. The van der Waals surface area contributed by atoms with Gasteiger partial charge in [-0.15, -0.1) is 0 Å². The van der Waals surface area contributed by atoms with E-state index >= 15 is 0 Å². The van der Waals surface area contributed by atoms with Gasteiger partial charge in [-0.25, -0.2) is 14.6 Å². The summed E-state index contributed by atoms with van der Waals surface area (Å²) in [6.07, 6.45) is 0. The number of alkyl halides is 2. The van der Waals surface area contributed by atoms with E-state index in [-0.39, 0.29) is 22.5 Å². The van der Waals surface area contributed by atoms with Crippen LogP contribution in [0.3, 0.4) is 0 Å². The average Bonchev–Trinajstić information content (AvgIpc) is 3.09. The molecule has 29 heavy (non-hydrogen) atoms. The number of carbonyl (C=O) groups is 2. The van der Waals surface area contributed by atoms with E-state index in [0.717, 1.165) is 25.3 Å². The summed E-state index contributed by atoms with van der Waals surface area (Å²) >= 11 is 0. The molecule has 0 aliphatic heterocycles. The zero-order valence-corrected chi connectivity index (χ0v) is 14.9. The van der Waals surface area contributed by atoms with Crippen molar-refractivity contribution in [1.82, 2.24) is 9.55 Å². The summed E-state index contributed by atoms with van der Waals surface area (Å²) in [5.41, 5.74) is -0.605. The fourth-order valence-electron chi connectivity index (χ4n) is 2.70. The molecule has 1 aromatic heterocycles. The fraction of sp³-hybridized carbons (Fsp3) is 0.167. The first-order valence-corrected chi connectivity index (χ1v) is 8.10. The predicted octanol–water partition coefficient (Wildman–Crippen LogP) is 3.48. The molecule has 0 N–H and O–H groups in total. The van der Waals surface area contributed by atoms with Crippen molar-refractivity contribution < 1.29 is 32.8 Å². The number of hydrogen-bond donors (Lipinski definition) is 0. The zero-order valence-electron chi connectivity index (χ0n) is 14.9. The highest BCUT2D eigenvalue weighted by atomic mass is 19.3. The average molecular weight is 405 g/mol. The van der Waals surface area contributed by atoms with Crippen LogP contribution < -0.4 is 0 Å². The Morgan fingerprint density at radius 3 is 2.45 bits per heavy atom. The third kappa shape index (κ3) is 4.03. The largest absolute Gasteiger partial charge is 0.465 e. The first-order chi connectivity index (χ1) is 13.8. The molecule has 0 amide bonds. The summed E-state index contributed by atoms with van der Waals surface area (Å²) in [5, 5.41) is 11.0. The minimum Gasteiger partial charge on any atom is -0.465 e. The molecule has 3 aromatic rings. The Balaban J connectivity index is 1.89. The molecule has 0 fully saturated rings. The standard InChI is InChI=1S/C18H13F2N3O6/c1-28-16(24)10-6-11(8-12(7-10)23(26)27)17(25)29-9-15-21-13-4-2-3-5-14(13)22(15)18(19)20/h2-8,18H,9H2,1H3. The smallest absolute Gasteiger partial charge is 0.338 e. The lowest BCUT2D eigenvalue weighted by Crippen LogP contribution is -2.12. The van der Waals surface area contributed by atoms with Gasteiger partial charge in [-0.2, -0.15) is 8.78 Å². The highest BCUT2D eigenvalue weighted by molar-refractivity contribution is 5.96. The summed E-state index contributed by atoms with van der Waals surface area (Å²) in [6, 6.07) is 9.07. The van der Waals surface area contributed by atoms with Crippen molar-refractivity contribution >= 4 is 28.7 Å². The van der Waals surface area contributed by atoms with Gasteiger partial charge in [-0.05, 0) is 18.2 Å². The molecule has 9 nitrogen and oxygen atoms in total. The van der Waals surface area contributed by atoms with E-state index < -0.39 is 35.7 Å². The van der Waals surface area contributed by atoms with Crippen LogP contribution in [0.2, 0.25) is 0 Å². The van der Waals surface area contributed by atoms with Gasteiger partial charge in [0.15, 0.2) is 5.82 Å². The molecule has 11 heteroatoms. The van der Waals surface area contributed by atoms with Crippen molar-refractivity contribution in [2.75, 3.05) is 7.11 Å². The molecule has 150 valence electrons. The number of halogens is 2. The summed E-state index contributed by atoms with van der Waals surface area (Å²) in [7, 11) is 1.08. The number of ether oxygens (including phenoxy) is 2. The predicted molar refractivity (Wildman–Crippen MR) is 94.5 cm³/mol. The number of methoxy groups -OCH3 is 1. The quantitative estimate of drug-likeness (QED) is 0.350. The normalized spacial score (nSPS) is 10.9. The van der Waals surface area contributed by atoms with Gasteiger partial charge in [0.05, 0.1) is 34.2 Å². The van der Waals surface area contributed by atoms with Crippen LogP contribution in [-0.2, 0) is 16.1 Å². The highest BCUT2D eigenvalue weighted by Crippen LogP contribution is 2.24. The fourth-order valence-corrected chi connectivity index (χ4v) is 2.70. The van der Waals surface area contributed by atoms with Crippen LogP contribution in [0, 0.1) is 10.1 Å². The van der Waals surface area contributed by atoms with Crippen LogP contribution in [0.1, 0.15) is 33.1 Å². The van der Waals surface area contributed by atoms with E-state index in [2.05, 4.69) is 9.72 Å². The maximum atomic E-state index is 13.4. The number of benzene rings is 2. The van der Waals surface area contributed by atoms with Gasteiger partial charge in [0.1, 0.15) is 6.61 Å². The first-order valence-electron chi connectivity index (χ1n) is 8.10. The highest BCUT2D eigenvalue weighted by Gasteiger charge is 2.22. The first kappa shape index (κ1) is 19.9. The van der Waals surface area contributed by atoms with Crippen molar-refractivity contribution in [3.8, 4) is 0 Å². The minimum absolute atomic E-state index is 0.164. The summed E-state index contributed by atoms with van der Waals surface area (Å²) in [4.78, 5) is 38.3. The van der Waals surface area contributed by atoms with E-state index in [0.29, 0.717) is 10.1 Å². The molecular weight excluding hydrogens is 392 g/mol. The number of nitro groups is 1. The molecule has 0 spiro atoms. The van der Waals surface area contributed by atoms with Crippen LogP contribution in [0.4, 0.5) is 14.5 Å². The Hall–Kier alpha value is -3.89. The molecular formula is C18H13F2N3O6. The van der Waals surface area contributed by atoms with Gasteiger partial charge < -0.3 is 9.47 Å². The van der Waals surface area contributed by atoms with Crippen LogP contribution in [0.15, 0.2) is 42.5 Å². The molecule has 0 unspecified atom stereocenters. The monoisotopic (exact) mass is 405 g/mol.